The number of aliphatic hydroxyl groups excluding tert-OH is 1. The van der Waals surface area contributed by atoms with Crippen LogP contribution in [0.5, 0.6) is 0 Å². The molecule has 0 amide bonds. The van der Waals surface area contributed by atoms with Crippen molar-refractivity contribution in [2.45, 2.75) is 32.9 Å². The number of hydrogen-bond donors (Lipinski definition) is 1. The zero-order valence-corrected chi connectivity index (χ0v) is 12.2. The lowest BCUT2D eigenvalue weighted by atomic mass is 10.0. The molecule has 0 aliphatic rings. The molecule has 20 heavy (non-hydrogen) atoms. The third kappa shape index (κ3) is 3.36. The predicted octanol–water partition coefficient (Wildman–Crippen LogP) is 3.55. The number of nitrogens with zero attached hydrogens (tertiary/aromatic N) is 2. The van der Waals surface area contributed by atoms with Gasteiger partial charge < -0.3 is 10.0 Å². The topological polar surface area (TPSA) is 36.4 Å². The van der Waals surface area contributed by atoms with Gasteiger partial charge in [-0.1, -0.05) is 25.1 Å². The van der Waals surface area contributed by atoms with Crippen molar-refractivity contribution in [3.8, 4) is 0 Å². The van der Waals surface area contributed by atoms with Crippen molar-refractivity contribution >= 4 is 5.69 Å². The first-order valence-electron chi connectivity index (χ1n) is 7.17. The van der Waals surface area contributed by atoms with Crippen LogP contribution in [-0.4, -0.2) is 16.6 Å². The van der Waals surface area contributed by atoms with Crippen LogP contribution < -0.4 is 4.90 Å². The molecule has 0 spiro atoms. The highest BCUT2D eigenvalue weighted by molar-refractivity contribution is 5.54. The Labute approximate surface area is 120 Å². The molecule has 0 fully saturated rings. The standard InChI is InChI=1S/C17H22N2O/c1-3-17(20)15-7-5-6-8-16(15)19(4-2)13-14-9-11-18-12-10-14/h5-12,17,20H,3-4,13H2,1-2H3. The van der Waals surface area contributed by atoms with E-state index in [1.165, 1.54) is 5.56 Å². The minimum absolute atomic E-state index is 0.405. The van der Waals surface area contributed by atoms with Gasteiger partial charge in [0.2, 0.25) is 0 Å². The first-order chi connectivity index (χ1) is 9.76. The number of para-hydroxylation sites is 1. The fraction of sp³-hybridized carbons (Fsp3) is 0.353. The molecule has 106 valence electrons. The molecule has 1 aromatic carbocycles. The first kappa shape index (κ1) is 14.5. The fourth-order valence-corrected chi connectivity index (χ4v) is 2.35. The number of rotatable bonds is 6. The van der Waals surface area contributed by atoms with Crippen molar-refractivity contribution in [2.75, 3.05) is 11.4 Å². The van der Waals surface area contributed by atoms with Gasteiger partial charge in [-0.25, -0.2) is 0 Å². The van der Waals surface area contributed by atoms with Gasteiger partial charge in [-0.3, -0.25) is 4.98 Å². The van der Waals surface area contributed by atoms with E-state index >= 15 is 0 Å². The Kier molecular flexibility index (Phi) is 5.13. The number of hydrogen-bond acceptors (Lipinski definition) is 3. The van der Waals surface area contributed by atoms with Gasteiger partial charge in [0.15, 0.2) is 0 Å². The second-order valence-corrected chi connectivity index (χ2v) is 4.85. The highest BCUT2D eigenvalue weighted by Gasteiger charge is 2.14. The molecule has 0 aliphatic carbocycles. The fourth-order valence-electron chi connectivity index (χ4n) is 2.35. The summed E-state index contributed by atoms with van der Waals surface area (Å²) in [4.78, 5) is 6.33. The average molecular weight is 270 g/mol. The van der Waals surface area contributed by atoms with Crippen LogP contribution in [0.3, 0.4) is 0 Å². The second-order valence-electron chi connectivity index (χ2n) is 4.85. The van der Waals surface area contributed by atoms with Crippen molar-refractivity contribution in [1.29, 1.82) is 0 Å². The molecule has 1 unspecified atom stereocenters. The van der Waals surface area contributed by atoms with E-state index in [4.69, 9.17) is 0 Å². The lowest BCUT2D eigenvalue weighted by Crippen LogP contribution is -2.23. The molecule has 0 aliphatic heterocycles. The monoisotopic (exact) mass is 270 g/mol. The molecule has 1 N–H and O–H groups in total. The molecule has 2 aromatic rings. The van der Waals surface area contributed by atoms with E-state index in [1.807, 2.05) is 49.6 Å². The molecule has 0 saturated carbocycles. The molecule has 0 radical (unpaired) electrons. The molecule has 3 nitrogen and oxygen atoms in total. The lowest BCUT2D eigenvalue weighted by Gasteiger charge is -2.27. The van der Waals surface area contributed by atoms with E-state index in [-0.39, 0.29) is 0 Å². The van der Waals surface area contributed by atoms with Crippen LogP contribution in [-0.2, 0) is 6.54 Å². The third-order valence-electron chi connectivity index (χ3n) is 3.53. The number of benzene rings is 1. The minimum Gasteiger partial charge on any atom is -0.388 e. The zero-order valence-electron chi connectivity index (χ0n) is 12.2. The maximum atomic E-state index is 10.2. The molecule has 1 heterocycles. The summed E-state index contributed by atoms with van der Waals surface area (Å²) in [5, 5.41) is 10.2. The maximum absolute atomic E-state index is 10.2. The van der Waals surface area contributed by atoms with Crippen LogP contribution in [0, 0.1) is 0 Å². The number of aromatic nitrogens is 1. The second kappa shape index (κ2) is 7.06. The summed E-state index contributed by atoms with van der Waals surface area (Å²) in [5.41, 5.74) is 3.34. The summed E-state index contributed by atoms with van der Waals surface area (Å²) in [6.07, 6.45) is 3.95. The van der Waals surface area contributed by atoms with Crippen LogP contribution >= 0.6 is 0 Å². The molecule has 1 atom stereocenters. The van der Waals surface area contributed by atoms with Crippen LogP contribution in [0.1, 0.15) is 37.5 Å². The molecule has 2 rings (SSSR count). The smallest absolute Gasteiger partial charge is 0.0807 e. The quantitative estimate of drug-likeness (QED) is 0.872. The van der Waals surface area contributed by atoms with Crippen molar-refractivity contribution < 1.29 is 5.11 Å². The summed E-state index contributed by atoms with van der Waals surface area (Å²) in [5.74, 6) is 0. The van der Waals surface area contributed by atoms with E-state index in [0.717, 1.165) is 30.8 Å². The molecular weight excluding hydrogens is 248 g/mol. The van der Waals surface area contributed by atoms with Gasteiger partial charge in [0, 0.05) is 36.7 Å². The van der Waals surface area contributed by atoms with Gasteiger partial charge in [-0.05, 0) is 37.1 Å². The molecule has 3 heteroatoms. The molecule has 1 aromatic heterocycles. The summed E-state index contributed by atoms with van der Waals surface area (Å²) >= 11 is 0. The van der Waals surface area contributed by atoms with Crippen molar-refractivity contribution in [2.24, 2.45) is 0 Å². The van der Waals surface area contributed by atoms with Crippen LogP contribution in [0.2, 0.25) is 0 Å². The number of pyridine rings is 1. The van der Waals surface area contributed by atoms with Gasteiger partial charge >= 0.3 is 0 Å². The van der Waals surface area contributed by atoms with E-state index in [2.05, 4.69) is 22.9 Å². The Balaban J connectivity index is 2.28. The highest BCUT2D eigenvalue weighted by atomic mass is 16.3. The van der Waals surface area contributed by atoms with Gasteiger partial charge in [-0.2, -0.15) is 0 Å². The Morgan fingerprint density at radius 3 is 2.45 bits per heavy atom. The van der Waals surface area contributed by atoms with E-state index < -0.39 is 6.10 Å². The third-order valence-corrected chi connectivity index (χ3v) is 3.53. The van der Waals surface area contributed by atoms with Gasteiger partial charge in [0.25, 0.3) is 0 Å². The van der Waals surface area contributed by atoms with Crippen LogP contribution in [0.15, 0.2) is 48.8 Å². The van der Waals surface area contributed by atoms with Crippen molar-refractivity contribution in [1.82, 2.24) is 4.98 Å². The van der Waals surface area contributed by atoms with E-state index in [1.54, 1.807) is 0 Å². The molecular formula is C17H22N2O. The largest absolute Gasteiger partial charge is 0.388 e. The first-order valence-corrected chi connectivity index (χ1v) is 7.17. The normalized spacial score (nSPS) is 12.2. The van der Waals surface area contributed by atoms with Gasteiger partial charge in [0.05, 0.1) is 6.10 Å². The SMILES string of the molecule is CCC(O)c1ccccc1N(CC)Cc1ccncc1. The highest BCUT2D eigenvalue weighted by Crippen LogP contribution is 2.29. The Hall–Kier alpha value is -1.87. The average Bonchev–Trinajstić information content (AvgIpc) is 2.53. The van der Waals surface area contributed by atoms with E-state index in [0.29, 0.717) is 0 Å². The van der Waals surface area contributed by atoms with Crippen LogP contribution in [0.25, 0.3) is 0 Å². The summed E-state index contributed by atoms with van der Waals surface area (Å²) in [7, 11) is 0. The summed E-state index contributed by atoms with van der Waals surface area (Å²) in [6, 6.07) is 12.2. The predicted molar refractivity (Wildman–Crippen MR) is 82.7 cm³/mol. The van der Waals surface area contributed by atoms with E-state index in [9.17, 15) is 5.11 Å². The Morgan fingerprint density at radius 1 is 1.10 bits per heavy atom. The minimum atomic E-state index is -0.405. The zero-order chi connectivity index (χ0) is 14.4. The van der Waals surface area contributed by atoms with Gasteiger partial charge in [0.1, 0.15) is 0 Å². The van der Waals surface area contributed by atoms with Gasteiger partial charge in [-0.15, -0.1) is 0 Å². The van der Waals surface area contributed by atoms with Crippen molar-refractivity contribution in [3.05, 3.63) is 59.9 Å². The van der Waals surface area contributed by atoms with Crippen molar-refractivity contribution in [3.63, 3.8) is 0 Å². The maximum Gasteiger partial charge on any atom is 0.0807 e. The molecule has 0 bridgehead atoms. The molecule has 0 saturated heterocycles. The lowest BCUT2D eigenvalue weighted by molar-refractivity contribution is 0.174. The Morgan fingerprint density at radius 2 is 1.80 bits per heavy atom. The Bertz CT molecular complexity index is 528. The number of anilines is 1. The number of aliphatic hydroxyl groups is 1. The summed E-state index contributed by atoms with van der Waals surface area (Å²) in [6.45, 7) is 5.86. The summed E-state index contributed by atoms with van der Waals surface area (Å²) < 4.78 is 0. The van der Waals surface area contributed by atoms with Crippen LogP contribution in [0.4, 0.5) is 5.69 Å².